The summed E-state index contributed by atoms with van der Waals surface area (Å²) in [4.78, 5) is 21.1. The van der Waals surface area contributed by atoms with Gasteiger partial charge in [-0.15, -0.1) is 0 Å². The first-order valence-electron chi connectivity index (χ1n) is 8.07. The lowest BCUT2D eigenvalue weighted by atomic mass is 10.1. The Morgan fingerprint density at radius 2 is 2.08 bits per heavy atom. The average molecular weight is 372 g/mol. The van der Waals surface area contributed by atoms with Gasteiger partial charge in [0, 0.05) is 22.3 Å². The van der Waals surface area contributed by atoms with Crippen LogP contribution in [-0.4, -0.2) is 29.7 Å². The van der Waals surface area contributed by atoms with Gasteiger partial charge in [0.1, 0.15) is 11.3 Å². The third-order valence-electron chi connectivity index (χ3n) is 3.79. The predicted molar refractivity (Wildman–Crippen MR) is 102 cm³/mol. The monoisotopic (exact) mass is 371 g/mol. The zero-order valence-electron chi connectivity index (χ0n) is 14.7. The largest absolute Gasteiger partial charge is 0.495 e. The van der Waals surface area contributed by atoms with Gasteiger partial charge in [-0.1, -0.05) is 11.6 Å². The summed E-state index contributed by atoms with van der Waals surface area (Å²) in [6.07, 6.45) is 1.46. The molecular weight excluding hydrogens is 354 g/mol. The number of anilines is 2. The smallest absolute Gasteiger partial charge is 0.341 e. The molecule has 2 aromatic heterocycles. The van der Waals surface area contributed by atoms with Gasteiger partial charge in [-0.05, 0) is 44.2 Å². The van der Waals surface area contributed by atoms with E-state index in [0.717, 1.165) is 5.69 Å². The van der Waals surface area contributed by atoms with Crippen molar-refractivity contribution >= 4 is 40.0 Å². The summed E-state index contributed by atoms with van der Waals surface area (Å²) in [6, 6.07) is 8.93. The van der Waals surface area contributed by atoms with Gasteiger partial charge in [-0.2, -0.15) is 0 Å². The average Bonchev–Trinajstić information content (AvgIpc) is 2.62. The van der Waals surface area contributed by atoms with Crippen molar-refractivity contribution < 1.29 is 14.3 Å². The van der Waals surface area contributed by atoms with Crippen molar-refractivity contribution in [2.24, 2.45) is 0 Å². The van der Waals surface area contributed by atoms with Crippen molar-refractivity contribution in [2.45, 2.75) is 13.8 Å². The number of fused-ring (bicyclic) bond motifs is 1. The number of benzene rings is 1. The van der Waals surface area contributed by atoms with E-state index >= 15 is 0 Å². The highest BCUT2D eigenvalue weighted by Crippen LogP contribution is 2.34. The van der Waals surface area contributed by atoms with E-state index in [1.165, 1.54) is 6.20 Å². The molecule has 0 radical (unpaired) electrons. The van der Waals surface area contributed by atoms with Gasteiger partial charge in [0.2, 0.25) is 0 Å². The number of carbonyl (C=O) groups excluding carboxylic acids is 1. The molecule has 0 aliphatic rings. The third kappa shape index (κ3) is 3.55. The topological polar surface area (TPSA) is 73.3 Å². The molecule has 1 N–H and O–H groups in total. The number of hydrogen-bond donors (Lipinski definition) is 1. The second-order valence-electron chi connectivity index (χ2n) is 5.56. The number of esters is 1. The first-order chi connectivity index (χ1) is 12.5. The Kier molecular flexibility index (Phi) is 5.23. The molecule has 2 heterocycles. The van der Waals surface area contributed by atoms with Crippen LogP contribution in [0.15, 0.2) is 36.5 Å². The Hall–Kier alpha value is -2.86. The van der Waals surface area contributed by atoms with Crippen LogP contribution in [0.2, 0.25) is 5.02 Å². The molecule has 0 unspecified atom stereocenters. The highest BCUT2D eigenvalue weighted by Gasteiger charge is 2.19. The maximum atomic E-state index is 12.4. The highest BCUT2D eigenvalue weighted by molar-refractivity contribution is 6.31. The Morgan fingerprint density at radius 3 is 2.81 bits per heavy atom. The molecule has 0 atom stereocenters. The normalized spacial score (nSPS) is 10.6. The Balaban J connectivity index is 2.20. The number of aryl methyl sites for hydroxylation is 1. The molecule has 26 heavy (non-hydrogen) atoms. The van der Waals surface area contributed by atoms with Gasteiger partial charge >= 0.3 is 5.97 Å². The van der Waals surface area contributed by atoms with Crippen molar-refractivity contribution in [3.63, 3.8) is 0 Å². The number of hydrogen-bond acceptors (Lipinski definition) is 6. The lowest BCUT2D eigenvalue weighted by molar-refractivity contribution is 0.0527. The fraction of sp³-hybridized carbons (Fsp3) is 0.211. The zero-order chi connectivity index (χ0) is 18.7. The molecule has 3 aromatic rings. The first-order valence-corrected chi connectivity index (χ1v) is 8.45. The Labute approximate surface area is 156 Å². The summed E-state index contributed by atoms with van der Waals surface area (Å²) in [5.41, 5.74) is 2.84. The minimum absolute atomic E-state index is 0.267. The highest BCUT2D eigenvalue weighted by atomic mass is 35.5. The SMILES string of the molecule is CCOC(=O)c1cnc2nc(C)ccc2c1Nc1cc(Cl)ccc1OC. The number of pyridine rings is 2. The van der Waals surface area contributed by atoms with Crippen LogP contribution in [0.25, 0.3) is 11.0 Å². The quantitative estimate of drug-likeness (QED) is 0.665. The maximum Gasteiger partial charge on any atom is 0.341 e. The molecule has 0 amide bonds. The number of carbonyl (C=O) groups is 1. The van der Waals surface area contributed by atoms with Crippen LogP contribution in [0.5, 0.6) is 5.75 Å². The minimum Gasteiger partial charge on any atom is -0.495 e. The zero-order valence-corrected chi connectivity index (χ0v) is 15.4. The van der Waals surface area contributed by atoms with E-state index in [1.54, 1.807) is 32.2 Å². The second kappa shape index (κ2) is 7.58. The summed E-state index contributed by atoms with van der Waals surface area (Å²) in [5.74, 6) is 0.125. The van der Waals surface area contributed by atoms with E-state index in [9.17, 15) is 4.79 Å². The fourth-order valence-corrected chi connectivity index (χ4v) is 2.75. The van der Waals surface area contributed by atoms with Crippen LogP contribution in [0.3, 0.4) is 0 Å². The maximum absolute atomic E-state index is 12.4. The number of methoxy groups -OCH3 is 1. The third-order valence-corrected chi connectivity index (χ3v) is 4.02. The van der Waals surface area contributed by atoms with Crippen LogP contribution in [0, 0.1) is 6.92 Å². The van der Waals surface area contributed by atoms with Crippen LogP contribution < -0.4 is 10.1 Å². The van der Waals surface area contributed by atoms with Crippen molar-refractivity contribution in [3.8, 4) is 5.75 Å². The summed E-state index contributed by atoms with van der Waals surface area (Å²) in [6.45, 7) is 3.90. The van der Waals surface area contributed by atoms with Crippen molar-refractivity contribution in [3.05, 3.63) is 52.8 Å². The lowest BCUT2D eigenvalue weighted by Gasteiger charge is -2.16. The molecule has 3 rings (SSSR count). The number of halogens is 1. The van der Waals surface area contributed by atoms with E-state index in [0.29, 0.717) is 38.7 Å². The molecule has 0 fully saturated rings. The van der Waals surface area contributed by atoms with Gasteiger partial charge in [0.05, 0.1) is 25.1 Å². The molecule has 0 spiro atoms. The first kappa shape index (κ1) is 17.9. The molecule has 0 aliphatic carbocycles. The molecule has 1 aromatic carbocycles. The Bertz CT molecular complexity index is 976. The van der Waals surface area contributed by atoms with Crippen LogP contribution in [-0.2, 0) is 4.74 Å². The molecule has 6 nitrogen and oxygen atoms in total. The molecular formula is C19H18ClN3O3. The van der Waals surface area contributed by atoms with Crippen LogP contribution in [0.1, 0.15) is 23.0 Å². The molecule has 7 heteroatoms. The summed E-state index contributed by atoms with van der Waals surface area (Å²) in [5, 5.41) is 4.48. The fourth-order valence-electron chi connectivity index (χ4n) is 2.58. The van der Waals surface area contributed by atoms with Gasteiger partial charge in [0.15, 0.2) is 5.65 Å². The minimum atomic E-state index is -0.467. The molecule has 0 saturated carbocycles. The van der Waals surface area contributed by atoms with Crippen LogP contribution in [0.4, 0.5) is 11.4 Å². The summed E-state index contributed by atoms with van der Waals surface area (Å²) < 4.78 is 10.5. The van der Waals surface area contributed by atoms with Crippen molar-refractivity contribution in [1.82, 2.24) is 9.97 Å². The number of nitrogens with one attached hydrogen (secondary N) is 1. The van der Waals surface area contributed by atoms with Gasteiger partial charge < -0.3 is 14.8 Å². The van der Waals surface area contributed by atoms with E-state index in [4.69, 9.17) is 21.1 Å². The van der Waals surface area contributed by atoms with Gasteiger partial charge in [0.25, 0.3) is 0 Å². The molecule has 0 aliphatic heterocycles. The second-order valence-corrected chi connectivity index (χ2v) is 6.00. The van der Waals surface area contributed by atoms with E-state index in [2.05, 4.69) is 15.3 Å². The predicted octanol–water partition coefficient (Wildman–Crippen LogP) is 4.52. The number of ether oxygens (including phenoxy) is 2. The van der Waals surface area contributed by atoms with Gasteiger partial charge in [-0.3, -0.25) is 0 Å². The van der Waals surface area contributed by atoms with Crippen LogP contribution >= 0.6 is 11.6 Å². The van der Waals surface area contributed by atoms with Crippen molar-refractivity contribution in [2.75, 3.05) is 19.0 Å². The number of nitrogens with zero attached hydrogens (tertiary/aromatic N) is 2. The standard InChI is InChI=1S/C19H18ClN3O3/c1-4-26-19(24)14-10-21-18-13(7-5-11(2)22-18)17(14)23-15-9-12(20)6-8-16(15)25-3/h5-10H,4H2,1-3H3,(H,21,22,23). The van der Waals surface area contributed by atoms with Crippen molar-refractivity contribution in [1.29, 1.82) is 0 Å². The summed E-state index contributed by atoms with van der Waals surface area (Å²) in [7, 11) is 1.57. The molecule has 0 saturated heterocycles. The van der Waals surface area contributed by atoms with E-state index in [1.807, 2.05) is 19.1 Å². The Morgan fingerprint density at radius 1 is 1.27 bits per heavy atom. The summed E-state index contributed by atoms with van der Waals surface area (Å²) >= 11 is 6.12. The van der Waals surface area contributed by atoms with E-state index in [-0.39, 0.29) is 6.61 Å². The molecule has 134 valence electrons. The molecule has 0 bridgehead atoms. The number of rotatable bonds is 5. The van der Waals surface area contributed by atoms with E-state index < -0.39 is 5.97 Å². The lowest BCUT2D eigenvalue weighted by Crippen LogP contribution is -2.10. The number of aromatic nitrogens is 2. The van der Waals surface area contributed by atoms with Gasteiger partial charge in [-0.25, -0.2) is 14.8 Å².